The minimum Gasteiger partial charge on any atom is -0.311 e. The zero-order valence-electron chi connectivity index (χ0n) is 14.7. The van der Waals surface area contributed by atoms with E-state index in [4.69, 9.17) is 5.26 Å². The summed E-state index contributed by atoms with van der Waals surface area (Å²) in [5.74, 6) is 0. The van der Waals surface area contributed by atoms with Crippen molar-refractivity contribution in [3.05, 3.63) is 71.3 Å². The average molecular weight is 334 g/mol. The molecule has 4 heteroatoms. The number of hydrogen-bond acceptors (Lipinski definition) is 4. The van der Waals surface area contributed by atoms with Gasteiger partial charge in [-0.05, 0) is 23.3 Å². The van der Waals surface area contributed by atoms with Crippen LogP contribution in [0.3, 0.4) is 0 Å². The van der Waals surface area contributed by atoms with Crippen molar-refractivity contribution in [1.82, 2.24) is 15.1 Å². The van der Waals surface area contributed by atoms with Crippen LogP contribution in [0, 0.1) is 11.3 Å². The van der Waals surface area contributed by atoms with Gasteiger partial charge in [-0.3, -0.25) is 9.80 Å². The molecule has 0 amide bonds. The van der Waals surface area contributed by atoms with Crippen LogP contribution < -0.4 is 5.32 Å². The molecule has 0 spiro atoms. The number of rotatable bonds is 7. The van der Waals surface area contributed by atoms with Crippen LogP contribution in [0.5, 0.6) is 0 Å². The number of piperazine rings is 1. The molecule has 1 aliphatic rings. The van der Waals surface area contributed by atoms with Crippen LogP contribution in [0.4, 0.5) is 0 Å². The summed E-state index contributed by atoms with van der Waals surface area (Å²) in [6.07, 6.45) is 0. The molecule has 0 atom stereocenters. The summed E-state index contributed by atoms with van der Waals surface area (Å²) in [4.78, 5) is 5.06. The first-order valence-corrected chi connectivity index (χ1v) is 9.02. The third-order valence-corrected chi connectivity index (χ3v) is 4.70. The summed E-state index contributed by atoms with van der Waals surface area (Å²) in [5.41, 5.74) is 3.30. The molecule has 0 saturated carbocycles. The van der Waals surface area contributed by atoms with Gasteiger partial charge in [0.15, 0.2) is 0 Å². The number of nitrogens with zero attached hydrogens (tertiary/aromatic N) is 3. The average Bonchev–Trinajstić information content (AvgIpc) is 2.67. The van der Waals surface area contributed by atoms with E-state index in [-0.39, 0.29) is 0 Å². The Balaban J connectivity index is 1.32. The van der Waals surface area contributed by atoms with Gasteiger partial charge in [-0.1, -0.05) is 42.5 Å². The lowest BCUT2D eigenvalue weighted by Gasteiger charge is -2.34. The molecule has 0 bridgehead atoms. The van der Waals surface area contributed by atoms with Gasteiger partial charge in [0.25, 0.3) is 0 Å². The van der Waals surface area contributed by atoms with Crippen molar-refractivity contribution in [1.29, 1.82) is 5.26 Å². The van der Waals surface area contributed by atoms with Gasteiger partial charge in [-0.25, -0.2) is 0 Å². The highest BCUT2D eigenvalue weighted by Gasteiger charge is 2.16. The lowest BCUT2D eigenvalue weighted by Crippen LogP contribution is -2.47. The van der Waals surface area contributed by atoms with Crippen molar-refractivity contribution in [3.63, 3.8) is 0 Å². The number of nitrogens with one attached hydrogen (secondary N) is 1. The van der Waals surface area contributed by atoms with Gasteiger partial charge >= 0.3 is 0 Å². The summed E-state index contributed by atoms with van der Waals surface area (Å²) >= 11 is 0. The minimum absolute atomic E-state index is 0.730. The number of hydrogen-bond donors (Lipinski definition) is 1. The highest BCUT2D eigenvalue weighted by atomic mass is 15.3. The standard InChI is InChI=1S/C21H26N4/c22-16-20-7-4-8-21(15-20)17-23-9-10-24-11-13-25(14-12-24)18-19-5-2-1-3-6-19/h1-8,15,23H,9-14,17-18H2. The molecule has 130 valence electrons. The van der Waals surface area contributed by atoms with Gasteiger partial charge in [-0.15, -0.1) is 0 Å². The summed E-state index contributed by atoms with van der Waals surface area (Å²) in [6, 6.07) is 20.7. The summed E-state index contributed by atoms with van der Waals surface area (Å²) in [7, 11) is 0. The minimum atomic E-state index is 0.730. The summed E-state index contributed by atoms with van der Waals surface area (Å²) in [5, 5.41) is 12.4. The Morgan fingerprint density at radius 3 is 2.36 bits per heavy atom. The summed E-state index contributed by atoms with van der Waals surface area (Å²) in [6.45, 7) is 8.49. The predicted octanol–water partition coefficient (Wildman–Crippen LogP) is 2.47. The second-order valence-electron chi connectivity index (χ2n) is 6.59. The highest BCUT2D eigenvalue weighted by molar-refractivity contribution is 5.32. The molecule has 1 heterocycles. The van der Waals surface area contributed by atoms with E-state index in [2.05, 4.69) is 57.6 Å². The Morgan fingerprint density at radius 2 is 1.60 bits per heavy atom. The van der Waals surface area contributed by atoms with Crippen LogP contribution >= 0.6 is 0 Å². The molecule has 0 radical (unpaired) electrons. The van der Waals surface area contributed by atoms with Gasteiger partial charge in [-0.2, -0.15) is 5.26 Å². The molecule has 1 saturated heterocycles. The van der Waals surface area contributed by atoms with Crippen LogP contribution in [0.1, 0.15) is 16.7 Å². The molecule has 0 aromatic heterocycles. The quantitative estimate of drug-likeness (QED) is 0.790. The number of benzene rings is 2. The molecule has 1 N–H and O–H groups in total. The zero-order valence-corrected chi connectivity index (χ0v) is 14.7. The van der Waals surface area contributed by atoms with E-state index in [0.29, 0.717) is 0 Å². The Labute approximate surface area is 150 Å². The van der Waals surface area contributed by atoms with Gasteiger partial charge in [0, 0.05) is 52.4 Å². The molecule has 1 fully saturated rings. The van der Waals surface area contributed by atoms with E-state index in [1.165, 1.54) is 11.1 Å². The highest BCUT2D eigenvalue weighted by Crippen LogP contribution is 2.08. The molecule has 0 unspecified atom stereocenters. The van der Waals surface area contributed by atoms with E-state index < -0.39 is 0 Å². The van der Waals surface area contributed by atoms with Gasteiger partial charge in [0.2, 0.25) is 0 Å². The fourth-order valence-electron chi connectivity index (χ4n) is 3.23. The Hall–Kier alpha value is -2.19. The fourth-order valence-corrected chi connectivity index (χ4v) is 3.23. The first-order chi connectivity index (χ1) is 12.3. The van der Waals surface area contributed by atoms with E-state index in [1.807, 2.05) is 18.2 Å². The lowest BCUT2D eigenvalue weighted by atomic mass is 10.1. The van der Waals surface area contributed by atoms with Crippen LogP contribution in [-0.2, 0) is 13.1 Å². The maximum atomic E-state index is 8.94. The van der Waals surface area contributed by atoms with Crippen LogP contribution in [-0.4, -0.2) is 49.1 Å². The zero-order chi connectivity index (χ0) is 17.3. The normalized spacial score (nSPS) is 15.8. The Morgan fingerprint density at radius 1 is 0.880 bits per heavy atom. The molecule has 2 aromatic rings. The Bertz CT molecular complexity index is 685. The lowest BCUT2D eigenvalue weighted by molar-refractivity contribution is 0.127. The second kappa shape index (κ2) is 9.33. The molecule has 25 heavy (non-hydrogen) atoms. The number of nitriles is 1. The molecule has 1 aliphatic heterocycles. The Kier molecular flexibility index (Phi) is 6.58. The molecule has 2 aromatic carbocycles. The van der Waals surface area contributed by atoms with Crippen molar-refractivity contribution in [2.75, 3.05) is 39.3 Å². The van der Waals surface area contributed by atoms with E-state index >= 15 is 0 Å². The molecular weight excluding hydrogens is 308 g/mol. The SMILES string of the molecule is N#Cc1cccc(CNCCN2CCN(Cc3ccccc3)CC2)c1. The monoisotopic (exact) mass is 334 g/mol. The van der Waals surface area contributed by atoms with E-state index in [1.54, 1.807) is 0 Å². The second-order valence-corrected chi connectivity index (χ2v) is 6.59. The first-order valence-electron chi connectivity index (χ1n) is 9.02. The smallest absolute Gasteiger partial charge is 0.0991 e. The maximum absolute atomic E-state index is 8.94. The fraction of sp³-hybridized carbons (Fsp3) is 0.381. The summed E-state index contributed by atoms with van der Waals surface area (Å²) < 4.78 is 0. The largest absolute Gasteiger partial charge is 0.311 e. The maximum Gasteiger partial charge on any atom is 0.0991 e. The molecule has 4 nitrogen and oxygen atoms in total. The van der Waals surface area contributed by atoms with Crippen LogP contribution in [0.2, 0.25) is 0 Å². The predicted molar refractivity (Wildman–Crippen MR) is 101 cm³/mol. The van der Waals surface area contributed by atoms with Crippen LogP contribution in [0.15, 0.2) is 54.6 Å². The molecular formula is C21H26N4. The van der Waals surface area contributed by atoms with Crippen molar-refractivity contribution in [3.8, 4) is 6.07 Å². The van der Waals surface area contributed by atoms with Crippen molar-refractivity contribution in [2.24, 2.45) is 0 Å². The third-order valence-electron chi connectivity index (χ3n) is 4.70. The van der Waals surface area contributed by atoms with Gasteiger partial charge in [0.1, 0.15) is 0 Å². The molecule has 0 aliphatic carbocycles. The van der Waals surface area contributed by atoms with Crippen LogP contribution in [0.25, 0.3) is 0 Å². The van der Waals surface area contributed by atoms with Crippen molar-refractivity contribution < 1.29 is 0 Å². The van der Waals surface area contributed by atoms with E-state index in [9.17, 15) is 0 Å². The van der Waals surface area contributed by atoms with Crippen molar-refractivity contribution in [2.45, 2.75) is 13.1 Å². The topological polar surface area (TPSA) is 42.3 Å². The van der Waals surface area contributed by atoms with Gasteiger partial charge in [0.05, 0.1) is 11.6 Å². The van der Waals surface area contributed by atoms with E-state index in [0.717, 1.165) is 57.9 Å². The first kappa shape index (κ1) is 17.6. The molecule has 3 rings (SSSR count). The van der Waals surface area contributed by atoms with Gasteiger partial charge < -0.3 is 5.32 Å². The third kappa shape index (κ3) is 5.68. The van der Waals surface area contributed by atoms with Crippen molar-refractivity contribution >= 4 is 0 Å².